The first-order chi connectivity index (χ1) is 12.2. The van der Waals surface area contributed by atoms with E-state index in [1.54, 1.807) is 0 Å². The number of hydrogen-bond donors (Lipinski definition) is 0. The first-order valence-corrected chi connectivity index (χ1v) is 8.42. The van der Waals surface area contributed by atoms with E-state index in [0.717, 1.165) is 22.5 Å². The van der Waals surface area contributed by atoms with E-state index in [1.165, 1.54) is 0 Å². The van der Waals surface area contributed by atoms with Crippen LogP contribution in [0.1, 0.15) is 17.3 Å². The van der Waals surface area contributed by atoms with Crippen LogP contribution in [0.4, 0.5) is 4.39 Å². The molecule has 2 unspecified atom stereocenters. The smallest absolute Gasteiger partial charge is 0.221 e. The Bertz CT molecular complexity index is 834. The van der Waals surface area contributed by atoms with Gasteiger partial charge in [0.05, 0.1) is 5.69 Å². The molecule has 0 radical (unpaired) electrons. The lowest BCUT2D eigenvalue weighted by atomic mass is 10.3. The van der Waals surface area contributed by atoms with E-state index in [-0.39, 0.29) is 6.61 Å². The average molecular weight is 341 g/mol. The van der Waals surface area contributed by atoms with Crippen LogP contribution in [0.2, 0.25) is 0 Å². The van der Waals surface area contributed by atoms with Gasteiger partial charge < -0.3 is 9.15 Å². The summed E-state index contributed by atoms with van der Waals surface area (Å²) in [6, 6.07) is 13.4. The van der Waals surface area contributed by atoms with Gasteiger partial charge in [-0.05, 0) is 31.2 Å². The SMILES string of the molecule is Cc1cccc(CN2CC(F)C(OCc3nc4ccccc4o3)C2)n1. The molecule has 1 aromatic carbocycles. The van der Waals surface area contributed by atoms with Gasteiger partial charge in [-0.25, -0.2) is 9.37 Å². The van der Waals surface area contributed by atoms with E-state index >= 15 is 0 Å². The highest BCUT2D eigenvalue weighted by atomic mass is 19.1. The van der Waals surface area contributed by atoms with Crippen LogP contribution >= 0.6 is 0 Å². The second kappa shape index (κ2) is 6.90. The molecule has 5 nitrogen and oxygen atoms in total. The highest BCUT2D eigenvalue weighted by Gasteiger charge is 2.34. The van der Waals surface area contributed by atoms with Gasteiger partial charge in [0, 0.05) is 25.3 Å². The quantitative estimate of drug-likeness (QED) is 0.713. The maximum Gasteiger partial charge on any atom is 0.221 e. The van der Waals surface area contributed by atoms with Crippen LogP contribution in [0.15, 0.2) is 46.9 Å². The van der Waals surface area contributed by atoms with Gasteiger partial charge in [-0.1, -0.05) is 18.2 Å². The monoisotopic (exact) mass is 341 g/mol. The van der Waals surface area contributed by atoms with Crippen LogP contribution in [0, 0.1) is 6.92 Å². The number of benzene rings is 1. The summed E-state index contributed by atoms with van der Waals surface area (Å²) >= 11 is 0. The van der Waals surface area contributed by atoms with Crippen LogP contribution in [0.5, 0.6) is 0 Å². The van der Waals surface area contributed by atoms with Crippen LogP contribution < -0.4 is 0 Å². The molecule has 1 fully saturated rings. The maximum atomic E-state index is 14.3. The Labute approximate surface area is 145 Å². The number of para-hydroxylation sites is 2. The molecule has 0 bridgehead atoms. The Morgan fingerprint density at radius 1 is 1.16 bits per heavy atom. The topological polar surface area (TPSA) is 51.4 Å². The fourth-order valence-electron chi connectivity index (χ4n) is 3.17. The van der Waals surface area contributed by atoms with Gasteiger partial charge in [0.25, 0.3) is 0 Å². The standard InChI is InChI=1S/C19H20FN3O2/c1-13-5-4-6-14(21-13)9-23-10-15(20)18(11-23)24-12-19-22-16-7-2-3-8-17(16)25-19/h2-8,15,18H,9-12H2,1H3. The number of fused-ring (bicyclic) bond motifs is 1. The number of nitrogens with zero attached hydrogens (tertiary/aromatic N) is 3. The highest BCUT2D eigenvalue weighted by Crippen LogP contribution is 2.21. The molecule has 6 heteroatoms. The summed E-state index contributed by atoms with van der Waals surface area (Å²) in [6.07, 6.45) is -1.49. The Balaban J connectivity index is 1.35. The predicted octanol–water partition coefficient (Wildman–Crippen LogP) is 3.27. The van der Waals surface area contributed by atoms with Gasteiger partial charge in [-0.3, -0.25) is 9.88 Å². The normalized spacial score (nSPS) is 21.2. The largest absolute Gasteiger partial charge is 0.438 e. The number of hydrogen-bond acceptors (Lipinski definition) is 5. The van der Waals surface area contributed by atoms with E-state index < -0.39 is 12.3 Å². The van der Waals surface area contributed by atoms with Crippen molar-refractivity contribution in [2.75, 3.05) is 13.1 Å². The number of oxazole rings is 1. The summed E-state index contributed by atoms with van der Waals surface area (Å²) in [7, 11) is 0. The fraction of sp³-hybridized carbons (Fsp3) is 0.368. The van der Waals surface area contributed by atoms with E-state index in [2.05, 4.69) is 9.97 Å². The van der Waals surface area contributed by atoms with Crippen molar-refractivity contribution in [3.8, 4) is 0 Å². The zero-order valence-corrected chi connectivity index (χ0v) is 14.1. The number of pyridine rings is 1. The summed E-state index contributed by atoms with van der Waals surface area (Å²) < 4.78 is 25.6. The number of rotatable bonds is 5. The molecule has 25 heavy (non-hydrogen) atoms. The van der Waals surface area contributed by atoms with Crippen molar-refractivity contribution < 1.29 is 13.5 Å². The van der Waals surface area contributed by atoms with Gasteiger partial charge in [0.2, 0.25) is 5.89 Å². The van der Waals surface area contributed by atoms with Crippen molar-refractivity contribution in [2.45, 2.75) is 32.4 Å². The molecule has 3 aromatic rings. The Kier molecular flexibility index (Phi) is 4.46. The van der Waals surface area contributed by atoms with Crippen molar-refractivity contribution >= 4 is 11.1 Å². The van der Waals surface area contributed by atoms with Gasteiger partial charge in [-0.2, -0.15) is 0 Å². The molecule has 0 aliphatic carbocycles. The minimum atomic E-state index is -1.02. The molecule has 0 N–H and O–H groups in total. The van der Waals surface area contributed by atoms with Gasteiger partial charge in [-0.15, -0.1) is 0 Å². The molecular formula is C19H20FN3O2. The van der Waals surface area contributed by atoms with Crippen LogP contribution in [-0.2, 0) is 17.9 Å². The number of ether oxygens (including phenoxy) is 1. The lowest BCUT2D eigenvalue weighted by Gasteiger charge is -2.15. The predicted molar refractivity (Wildman–Crippen MR) is 91.7 cm³/mol. The third-order valence-corrected chi connectivity index (χ3v) is 4.36. The van der Waals surface area contributed by atoms with Crippen LogP contribution in [0.3, 0.4) is 0 Å². The van der Waals surface area contributed by atoms with Crippen molar-refractivity contribution in [3.63, 3.8) is 0 Å². The number of halogens is 1. The summed E-state index contributed by atoms with van der Waals surface area (Å²) in [5.41, 5.74) is 3.43. The molecule has 0 saturated carbocycles. The third kappa shape index (κ3) is 3.70. The molecule has 130 valence electrons. The highest BCUT2D eigenvalue weighted by molar-refractivity contribution is 5.72. The maximum absolute atomic E-state index is 14.3. The van der Waals surface area contributed by atoms with Crippen molar-refractivity contribution in [1.29, 1.82) is 0 Å². The molecule has 4 rings (SSSR count). The van der Waals surface area contributed by atoms with Crippen molar-refractivity contribution in [2.24, 2.45) is 0 Å². The van der Waals surface area contributed by atoms with E-state index in [0.29, 0.717) is 25.5 Å². The molecule has 0 spiro atoms. The summed E-state index contributed by atoms with van der Waals surface area (Å²) in [5.74, 6) is 0.479. The van der Waals surface area contributed by atoms with Crippen molar-refractivity contribution in [1.82, 2.24) is 14.9 Å². The molecule has 1 aliphatic rings. The minimum absolute atomic E-state index is 0.177. The molecule has 2 atom stereocenters. The minimum Gasteiger partial charge on any atom is -0.438 e. The second-order valence-corrected chi connectivity index (χ2v) is 6.41. The third-order valence-electron chi connectivity index (χ3n) is 4.36. The zero-order chi connectivity index (χ0) is 17.2. The first kappa shape index (κ1) is 16.2. The van der Waals surface area contributed by atoms with Gasteiger partial charge in [0.1, 0.15) is 24.4 Å². The molecule has 0 amide bonds. The number of alkyl halides is 1. The molecular weight excluding hydrogens is 321 g/mol. The Hall–Kier alpha value is -2.31. The lowest BCUT2D eigenvalue weighted by Crippen LogP contribution is -2.24. The second-order valence-electron chi connectivity index (χ2n) is 6.41. The van der Waals surface area contributed by atoms with Crippen LogP contribution in [-0.4, -0.2) is 40.2 Å². The molecule has 1 aliphatic heterocycles. The zero-order valence-electron chi connectivity index (χ0n) is 14.1. The summed E-state index contributed by atoms with van der Waals surface area (Å²) in [4.78, 5) is 10.9. The van der Waals surface area contributed by atoms with Crippen molar-refractivity contribution in [3.05, 3.63) is 59.7 Å². The number of likely N-dealkylation sites (tertiary alicyclic amines) is 1. The van der Waals surface area contributed by atoms with Crippen LogP contribution in [0.25, 0.3) is 11.1 Å². The number of aryl methyl sites for hydroxylation is 1. The summed E-state index contributed by atoms with van der Waals surface area (Å²) in [6.45, 7) is 3.66. The molecule has 3 heterocycles. The average Bonchev–Trinajstić information content (AvgIpc) is 3.15. The van der Waals surface area contributed by atoms with E-state index in [9.17, 15) is 4.39 Å². The molecule has 2 aromatic heterocycles. The van der Waals surface area contributed by atoms with Gasteiger partial charge in [0.15, 0.2) is 5.58 Å². The Morgan fingerprint density at radius 3 is 2.88 bits per heavy atom. The lowest BCUT2D eigenvalue weighted by molar-refractivity contribution is 0.00236. The van der Waals surface area contributed by atoms with E-state index in [1.807, 2.05) is 54.3 Å². The number of aromatic nitrogens is 2. The van der Waals surface area contributed by atoms with E-state index in [4.69, 9.17) is 9.15 Å². The van der Waals surface area contributed by atoms with Gasteiger partial charge >= 0.3 is 0 Å². The fourth-order valence-corrected chi connectivity index (χ4v) is 3.17. The molecule has 1 saturated heterocycles. The summed E-state index contributed by atoms with van der Waals surface area (Å²) in [5, 5.41) is 0. The first-order valence-electron chi connectivity index (χ1n) is 8.42. The Morgan fingerprint density at radius 2 is 2.04 bits per heavy atom.